The predicted octanol–water partition coefficient (Wildman–Crippen LogP) is 3.67. The zero-order valence-corrected chi connectivity index (χ0v) is 17.5. The molecule has 2 aromatic heterocycles. The molecule has 0 saturated carbocycles. The van der Waals surface area contributed by atoms with Crippen molar-refractivity contribution >= 4 is 17.0 Å². The van der Waals surface area contributed by atoms with Crippen LogP contribution in [0.5, 0.6) is 0 Å². The van der Waals surface area contributed by atoms with Gasteiger partial charge in [0.05, 0.1) is 23.3 Å². The van der Waals surface area contributed by atoms with Crippen molar-refractivity contribution in [3.05, 3.63) is 71.9 Å². The van der Waals surface area contributed by atoms with Gasteiger partial charge in [-0.15, -0.1) is 0 Å². The standard InChI is InChI=1S/C23H26N6O/c1-16-8-10-18(11-9-16)22-28-19(15-30-22)14-26-23(24-3)25-12-13-29-17(2)27-20-6-4-5-7-21(20)29/h4-11,15H,12-14H2,1-3H3,(H2,24,25,26). The number of para-hydroxylation sites is 2. The maximum absolute atomic E-state index is 5.62. The largest absolute Gasteiger partial charge is 0.444 e. The summed E-state index contributed by atoms with van der Waals surface area (Å²) in [6.45, 7) is 6.15. The van der Waals surface area contributed by atoms with Gasteiger partial charge in [0.2, 0.25) is 5.89 Å². The molecule has 0 aliphatic heterocycles. The number of hydrogen-bond acceptors (Lipinski definition) is 4. The topological polar surface area (TPSA) is 80.3 Å². The van der Waals surface area contributed by atoms with Crippen LogP contribution in [0.1, 0.15) is 17.1 Å². The molecular formula is C23H26N6O. The van der Waals surface area contributed by atoms with Gasteiger partial charge in [0.1, 0.15) is 12.1 Å². The second-order valence-corrected chi connectivity index (χ2v) is 7.16. The van der Waals surface area contributed by atoms with Crippen LogP contribution >= 0.6 is 0 Å². The minimum Gasteiger partial charge on any atom is -0.444 e. The highest BCUT2D eigenvalue weighted by atomic mass is 16.3. The van der Waals surface area contributed by atoms with Gasteiger partial charge in [-0.25, -0.2) is 9.97 Å². The lowest BCUT2D eigenvalue weighted by molar-refractivity contribution is 0.572. The molecule has 7 nitrogen and oxygen atoms in total. The maximum atomic E-state index is 5.62. The van der Waals surface area contributed by atoms with E-state index in [1.165, 1.54) is 5.56 Å². The fourth-order valence-electron chi connectivity index (χ4n) is 3.38. The Hall–Kier alpha value is -3.61. The Morgan fingerprint density at radius 1 is 1.03 bits per heavy atom. The van der Waals surface area contributed by atoms with E-state index in [9.17, 15) is 0 Å². The van der Waals surface area contributed by atoms with Crippen molar-refractivity contribution in [2.45, 2.75) is 26.9 Å². The average Bonchev–Trinajstić information content (AvgIpc) is 3.35. The molecule has 0 amide bonds. The Balaban J connectivity index is 1.31. The van der Waals surface area contributed by atoms with Gasteiger partial charge in [0.25, 0.3) is 0 Å². The van der Waals surface area contributed by atoms with Crippen molar-refractivity contribution in [1.29, 1.82) is 0 Å². The van der Waals surface area contributed by atoms with E-state index < -0.39 is 0 Å². The fraction of sp³-hybridized carbons (Fsp3) is 0.261. The molecule has 4 rings (SSSR count). The Morgan fingerprint density at radius 3 is 2.63 bits per heavy atom. The zero-order chi connectivity index (χ0) is 20.9. The normalized spacial score (nSPS) is 11.8. The first-order chi connectivity index (χ1) is 14.6. The molecule has 2 aromatic carbocycles. The molecule has 0 fully saturated rings. The van der Waals surface area contributed by atoms with E-state index in [-0.39, 0.29) is 0 Å². The van der Waals surface area contributed by atoms with Crippen LogP contribution in [-0.4, -0.2) is 34.1 Å². The molecule has 0 atom stereocenters. The summed E-state index contributed by atoms with van der Waals surface area (Å²) in [4.78, 5) is 13.5. The molecule has 0 spiro atoms. The smallest absolute Gasteiger partial charge is 0.226 e. The number of aryl methyl sites for hydroxylation is 2. The van der Waals surface area contributed by atoms with Crippen LogP contribution in [0.25, 0.3) is 22.5 Å². The van der Waals surface area contributed by atoms with Gasteiger partial charge < -0.3 is 19.6 Å². The first-order valence-corrected chi connectivity index (χ1v) is 10.0. The Morgan fingerprint density at radius 2 is 1.83 bits per heavy atom. The maximum Gasteiger partial charge on any atom is 0.226 e. The minimum absolute atomic E-state index is 0.530. The predicted molar refractivity (Wildman–Crippen MR) is 119 cm³/mol. The van der Waals surface area contributed by atoms with Crippen molar-refractivity contribution in [3.8, 4) is 11.5 Å². The van der Waals surface area contributed by atoms with Gasteiger partial charge in [0.15, 0.2) is 5.96 Å². The van der Waals surface area contributed by atoms with E-state index in [4.69, 9.17) is 4.42 Å². The molecule has 154 valence electrons. The van der Waals surface area contributed by atoms with Crippen LogP contribution in [0.2, 0.25) is 0 Å². The number of aromatic nitrogens is 3. The second-order valence-electron chi connectivity index (χ2n) is 7.16. The lowest BCUT2D eigenvalue weighted by Gasteiger charge is -2.12. The molecule has 0 unspecified atom stereocenters. The van der Waals surface area contributed by atoms with E-state index in [0.717, 1.165) is 47.2 Å². The third kappa shape index (κ3) is 4.35. The van der Waals surface area contributed by atoms with E-state index in [0.29, 0.717) is 12.4 Å². The first kappa shape index (κ1) is 19.7. The third-order valence-electron chi connectivity index (χ3n) is 4.98. The number of hydrogen-bond donors (Lipinski definition) is 2. The van der Waals surface area contributed by atoms with Gasteiger partial charge in [-0.05, 0) is 38.1 Å². The average molecular weight is 403 g/mol. The van der Waals surface area contributed by atoms with Crippen molar-refractivity contribution in [2.75, 3.05) is 13.6 Å². The molecule has 30 heavy (non-hydrogen) atoms. The van der Waals surface area contributed by atoms with E-state index >= 15 is 0 Å². The van der Waals surface area contributed by atoms with Crippen LogP contribution < -0.4 is 10.6 Å². The molecule has 4 aromatic rings. The van der Waals surface area contributed by atoms with Crippen LogP contribution in [0.4, 0.5) is 0 Å². The van der Waals surface area contributed by atoms with Crippen molar-refractivity contribution in [3.63, 3.8) is 0 Å². The summed E-state index contributed by atoms with van der Waals surface area (Å²) in [6.07, 6.45) is 1.68. The number of nitrogens with zero attached hydrogens (tertiary/aromatic N) is 4. The van der Waals surface area contributed by atoms with Gasteiger partial charge in [-0.2, -0.15) is 0 Å². The highest BCUT2D eigenvalue weighted by Gasteiger charge is 2.09. The first-order valence-electron chi connectivity index (χ1n) is 10.0. The molecule has 0 aliphatic rings. The second kappa shape index (κ2) is 8.82. The summed E-state index contributed by atoms with van der Waals surface area (Å²) in [5.74, 6) is 2.35. The molecule has 0 bridgehead atoms. The van der Waals surface area contributed by atoms with Crippen LogP contribution in [0, 0.1) is 13.8 Å². The fourth-order valence-corrected chi connectivity index (χ4v) is 3.38. The molecule has 2 N–H and O–H groups in total. The number of aliphatic imine (C=N–C) groups is 1. The Bertz CT molecular complexity index is 1160. The lowest BCUT2D eigenvalue weighted by Crippen LogP contribution is -2.38. The quantitative estimate of drug-likeness (QED) is 0.380. The Kier molecular flexibility index (Phi) is 5.79. The van der Waals surface area contributed by atoms with Crippen LogP contribution in [-0.2, 0) is 13.1 Å². The highest BCUT2D eigenvalue weighted by molar-refractivity contribution is 5.79. The third-order valence-corrected chi connectivity index (χ3v) is 4.98. The monoisotopic (exact) mass is 402 g/mol. The summed E-state index contributed by atoms with van der Waals surface area (Å²) in [6, 6.07) is 16.3. The lowest BCUT2D eigenvalue weighted by atomic mass is 10.1. The van der Waals surface area contributed by atoms with Gasteiger partial charge in [0, 0.05) is 25.7 Å². The zero-order valence-electron chi connectivity index (χ0n) is 17.5. The molecular weight excluding hydrogens is 376 g/mol. The van der Waals surface area contributed by atoms with E-state index in [1.807, 2.05) is 37.3 Å². The summed E-state index contributed by atoms with van der Waals surface area (Å²) in [7, 11) is 1.76. The van der Waals surface area contributed by atoms with Crippen molar-refractivity contribution in [1.82, 2.24) is 25.2 Å². The van der Waals surface area contributed by atoms with E-state index in [1.54, 1.807) is 13.3 Å². The van der Waals surface area contributed by atoms with Crippen molar-refractivity contribution < 1.29 is 4.42 Å². The Labute approximate surface area is 175 Å². The van der Waals surface area contributed by atoms with Gasteiger partial charge in [-0.3, -0.25) is 4.99 Å². The number of rotatable bonds is 6. The highest BCUT2D eigenvalue weighted by Crippen LogP contribution is 2.19. The molecule has 7 heteroatoms. The summed E-state index contributed by atoms with van der Waals surface area (Å²) < 4.78 is 7.83. The summed E-state index contributed by atoms with van der Waals surface area (Å²) >= 11 is 0. The van der Waals surface area contributed by atoms with Crippen LogP contribution in [0.15, 0.2) is 64.2 Å². The number of guanidine groups is 1. The number of imidazole rings is 1. The molecule has 2 heterocycles. The number of benzene rings is 2. The summed E-state index contributed by atoms with van der Waals surface area (Å²) in [5, 5.41) is 6.63. The number of nitrogens with one attached hydrogen (secondary N) is 2. The number of fused-ring (bicyclic) bond motifs is 1. The van der Waals surface area contributed by atoms with Gasteiger partial charge in [-0.1, -0.05) is 29.8 Å². The summed E-state index contributed by atoms with van der Waals surface area (Å²) in [5.41, 5.74) is 5.17. The van der Waals surface area contributed by atoms with Gasteiger partial charge >= 0.3 is 0 Å². The van der Waals surface area contributed by atoms with Crippen LogP contribution in [0.3, 0.4) is 0 Å². The SMILES string of the molecule is CN=C(NCCn1c(C)nc2ccccc21)NCc1coc(-c2ccc(C)cc2)n1. The molecule has 0 aliphatic carbocycles. The van der Waals surface area contributed by atoms with Crippen molar-refractivity contribution in [2.24, 2.45) is 4.99 Å². The number of oxazole rings is 1. The van der Waals surface area contributed by atoms with E-state index in [2.05, 4.69) is 55.3 Å². The molecule has 0 radical (unpaired) electrons. The molecule has 0 saturated heterocycles. The minimum atomic E-state index is 0.530.